The topological polar surface area (TPSA) is 34.1 Å². The van der Waals surface area contributed by atoms with Crippen LogP contribution < -0.4 is 5.32 Å². The molecule has 0 saturated carbocycles. The number of hydrogen-bond donors (Lipinski definition) is 1. The van der Waals surface area contributed by atoms with Crippen molar-refractivity contribution in [1.29, 1.82) is 0 Å². The molecule has 0 atom stereocenters. The van der Waals surface area contributed by atoms with Crippen LogP contribution in [0.1, 0.15) is 37.9 Å². The minimum Gasteiger partial charge on any atom is -0.372 e. The van der Waals surface area contributed by atoms with Gasteiger partial charge in [-0.15, -0.1) is 11.3 Å². The molecule has 0 saturated heterocycles. The van der Waals surface area contributed by atoms with E-state index in [9.17, 15) is 0 Å². The molecule has 0 aliphatic rings. The lowest BCUT2D eigenvalue weighted by Crippen LogP contribution is -2.20. The summed E-state index contributed by atoms with van der Waals surface area (Å²) in [4.78, 5) is 4.56. The molecule has 1 rings (SSSR count). The molecular weight excluding hydrogens is 208 g/mol. The van der Waals surface area contributed by atoms with Crippen molar-refractivity contribution in [3.8, 4) is 0 Å². The Morgan fingerprint density at radius 2 is 2.27 bits per heavy atom. The predicted octanol–water partition coefficient (Wildman–Crippen LogP) is 2.52. The lowest BCUT2D eigenvalue weighted by atomic mass is 10.1. The Morgan fingerprint density at radius 3 is 2.87 bits per heavy atom. The number of methoxy groups -OCH3 is 1. The molecule has 0 aromatic carbocycles. The van der Waals surface area contributed by atoms with Crippen molar-refractivity contribution in [3.63, 3.8) is 0 Å². The highest BCUT2D eigenvalue weighted by molar-refractivity contribution is 7.09. The first-order valence-corrected chi connectivity index (χ1v) is 6.19. The van der Waals surface area contributed by atoms with E-state index in [2.05, 4.69) is 22.6 Å². The fraction of sp³-hybridized carbons (Fsp3) is 0.727. The molecule has 1 N–H and O–H groups in total. The van der Waals surface area contributed by atoms with Crippen molar-refractivity contribution in [2.45, 2.75) is 39.3 Å². The third kappa shape index (κ3) is 3.55. The molecule has 0 aliphatic heterocycles. The van der Waals surface area contributed by atoms with E-state index in [1.54, 1.807) is 18.4 Å². The van der Waals surface area contributed by atoms with Crippen molar-refractivity contribution in [2.24, 2.45) is 0 Å². The van der Waals surface area contributed by atoms with Gasteiger partial charge < -0.3 is 10.1 Å². The van der Waals surface area contributed by atoms with E-state index in [1.807, 2.05) is 13.8 Å². The smallest absolute Gasteiger partial charge is 0.124 e. The van der Waals surface area contributed by atoms with Crippen LogP contribution in [0.3, 0.4) is 0 Å². The van der Waals surface area contributed by atoms with Gasteiger partial charge in [-0.25, -0.2) is 4.98 Å². The number of nitrogens with one attached hydrogen (secondary N) is 1. The molecule has 0 aliphatic carbocycles. The van der Waals surface area contributed by atoms with E-state index in [0.29, 0.717) is 0 Å². The Labute approximate surface area is 95.9 Å². The molecule has 0 bridgehead atoms. The van der Waals surface area contributed by atoms with Gasteiger partial charge in [0.15, 0.2) is 0 Å². The molecule has 1 heterocycles. The Bertz CT molecular complexity index is 297. The molecule has 0 fully saturated rings. The molecule has 15 heavy (non-hydrogen) atoms. The van der Waals surface area contributed by atoms with Crippen LogP contribution in [0, 0.1) is 0 Å². The largest absolute Gasteiger partial charge is 0.372 e. The molecule has 1 aromatic rings. The number of nitrogens with zero attached hydrogens (tertiary/aromatic N) is 1. The van der Waals surface area contributed by atoms with Crippen LogP contribution in [0.2, 0.25) is 0 Å². The lowest BCUT2D eigenvalue weighted by molar-refractivity contribution is 0.0189. The second-order valence-electron chi connectivity index (χ2n) is 4.04. The van der Waals surface area contributed by atoms with E-state index >= 15 is 0 Å². The molecule has 1 aromatic heterocycles. The summed E-state index contributed by atoms with van der Waals surface area (Å²) in [5.74, 6) is 0. The van der Waals surface area contributed by atoms with Gasteiger partial charge in [0.05, 0.1) is 5.69 Å². The van der Waals surface area contributed by atoms with Gasteiger partial charge in [0, 0.05) is 19.0 Å². The number of rotatable bonds is 6. The van der Waals surface area contributed by atoms with Gasteiger partial charge in [0.2, 0.25) is 0 Å². The molecule has 0 amide bonds. The van der Waals surface area contributed by atoms with E-state index in [0.717, 1.165) is 30.2 Å². The van der Waals surface area contributed by atoms with Crippen molar-refractivity contribution >= 4 is 11.3 Å². The standard InChI is InChI=1S/C11H20N2OS/c1-5-6-12-7-9-8-15-10(13-9)11(2,3)14-4/h8,12H,5-7H2,1-4H3. The number of hydrogen-bond acceptors (Lipinski definition) is 4. The van der Waals surface area contributed by atoms with E-state index in [-0.39, 0.29) is 5.60 Å². The van der Waals surface area contributed by atoms with Crippen LogP contribution in [0.4, 0.5) is 0 Å². The SMILES string of the molecule is CCCNCc1csc(C(C)(C)OC)n1. The zero-order valence-electron chi connectivity index (χ0n) is 9.96. The number of ether oxygens (including phenoxy) is 1. The first-order valence-electron chi connectivity index (χ1n) is 5.31. The Hall–Kier alpha value is -0.450. The summed E-state index contributed by atoms with van der Waals surface area (Å²) in [7, 11) is 1.72. The highest BCUT2D eigenvalue weighted by Gasteiger charge is 2.23. The average molecular weight is 228 g/mol. The molecular formula is C11H20N2OS. The minimum absolute atomic E-state index is 0.270. The highest BCUT2D eigenvalue weighted by atomic mass is 32.1. The zero-order chi connectivity index (χ0) is 11.3. The summed E-state index contributed by atoms with van der Waals surface area (Å²) in [5, 5.41) is 6.47. The van der Waals surface area contributed by atoms with Crippen LogP contribution in [0.15, 0.2) is 5.38 Å². The van der Waals surface area contributed by atoms with Crippen molar-refractivity contribution < 1.29 is 4.74 Å². The third-order valence-electron chi connectivity index (χ3n) is 2.31. The second kappa shape index (κ2) is 5.58. The fourth-order valence-corrected chi connectivity index (χ4v) is 2.07. The molecule has 0 unspecified atom stereocenters. The van der Waals surface area contributed by atoms with Gasteiger partial charge in [0.25, 0.3) is 0 Å². The zero-order valence-corrected chi connectivity index (χ0v) is 10.8. The van der Waals surface area contributed by atoms with E-state index < -0.39 is 0 Å². The van der Waals surface area contributed by atoms with Crippen molar-refractivity contribution in [3.05, 3.63) is 16.1 Å². The van der Waals surface area contributed by atoms with Gasteiger partial charge in [-0.05, 0) is 26.8 Å². The molecule has 86 valence electrons. The molecule has 4 heteroatoms. The van der Waals surface area contributed by atoms with Crippen LogP contribution in [0.25, 0.3) is 0 Å². The van der Waals surface area contributed by atoms with Crippen LogP contribution >= 0.6 is 11.3 Å². The quantitative estimate of drug-likeness (QED) is 0.760. The van der Waals surface area contributed by atoms with Gasteiger partial charge >= 0.3 is 0 Å². The maximum absolute atomic E-state index is 5.39. The monoisotopic (exact) mass is 228 g/mol. The summed E-state index contributed by atoms with van der Waals surface area (Å²) in [6.07, 6.45) is 1.15. The molecule has 3 nitrogen and oxygen atoms in total. The van der Waals surface area contributed by atoms with Crippen LogP contribution in [0.5, 0.6) is 0 Å². The highest BCUT2D eigenvalue weighted by Crippen LogP contribution is 2.26. The lowest BCUT2D eigenvalue weighted by Gasteiger charge is -2.19. The van der Waals surface area contributed by atoms with Gasteiger partial charge in [0.1, 0.15) is 10.6 Å². The summed E-state index contributed by atoms with van der Waals surface area (Å²) in [6, 6.07) is 0. The van der Waals surface area contributed by atoms with E-state index in [4.69, 9.17) is 4.74 Å². The predicted molar refractivity (Wildman–Crippen MR) is 64.1 cm³/mol. The average Bonchev–Trinajstić information content (AvgIpc) is 2.68. The van der Waals surface area contributed by atoms with Crippen LogP contribution in [-0.4, -0.2) is 18.6 Å². The summed E-state index contributed by atoms with van der Waals surface area (Å²) >= 11 is 1.66. The summed E-state index contributed by atoms with van der Waals surface area (Å²) < 4.78 is 5.39. The Balaban J connectivity index is 2.56. The maximum atomic E-state index is 5.39. The van der Waals surface area contributed by atoms with Gasteiger partial charge in [-0.2, -0.15) is 0 Å². The fourth-order valence-electron chi connectivity index (χ4n) is 1.15. The summed E-state index contributed by atoms with van der Waals surface area (Å²) in [5.41, 5.74) is 0.835. The minimum atomic E-state index is -0.270. The Kier molecular flexibility index (Phi) is 4.70. The van der Waals surface area contributed by atoms with Gasteiger partial charge in [-0.1, -0.05) is 6.92 Å². The molecule has 0 spiro atoms. The van der Waals surface area contributed by atoms with E-state index in [1.165, 1.54) is 0 Å². The van der Waals surface area contributed by atoms with Crippen molar-refractivity contribution in [2.75, 3.05) is 13.7 Å². The Morgan fingerprint density at radius 1 is 1.53 bits per heavy atom. The normalized spacial score (nSPS) is 12.0. The second-order valence-corrected chi connectivity index (χ2v) is 4.89. The first kappa shape index (κ1) is 12.6. The first-order chi connectivity index (χ1) is 7.10. The maximum Gasteiger partial charge on any atom is 0.124 e. The summed E-state index contributed by atoms with van der Waals surface area (Å²) in [6.45, 7) is 8.13. The van der Waals surface area contributed by atoms with Gasteiger partial charge in [-0.3, -0.25) is 0 Å². The molecule has 0 radical (unpaired) electrons. The number of aromatic nitrogens is 1. The van der Waals surface area contributed by atoms with Crippen molar-refractivity contribution in [1.82, 2.24) is 10.3 Å². The third-order valence-corrected chi connectivity index (χ3v) is 3.51. The number of thiazole rings is 1. The van der Waals surface area contributed by atoms with Crippen LogP contribution in [-0.2, 0) is 16.9 Å².